The molecule has 0 atom stereocenters. The van der Waals surface area contributed by atoms with E-state index in [4.69, 9.17) is 5.11 Å². The second kappa shape index (κ2) is 7.28. The second-order valence-electron chi connectivity index (χ2n) is 5.34. The van der Waals surface area contributed by atoms with Gasteiger partial charge < -0.3 is 10.2 Å². The Labute approximate surface area is 137 Å². The zero-order valence-electron chi connectivity index (χ0n) is 12.8. The molecule has 2 N–H and O–H groups in total. The first-order valence-corrected chi connectivity index (χ1v) is 7.96. The van der Waals surface area contributed by atoms with Gasteiger partial charge in [0.05, 0.1) is 5.01 Å². The SMILES string of the molecule is CC(C)c1sc(CCCc2cncnc2C(=O)O)nc1C(=O)O. The molecule has 7 nitrogen and oxygen atoms in total. The number of aromatic nitrogens is 3. The van der Waals surface area contributed by atoms with Crippen LogP contribution < -0.4 is 0 Å². The number of carboxylic acid groups (broad SMARTS) is 2. The van der Waals surface area contributed by atoms with Gasteiger partial charge in [-0.1, -0.05) is 13.8 Å². The smallest absolute Gasteiger partial charge is 0.355 e. The van der Waals surface area contributed by atoms with Crippen LogP contribution in [0.15, 0.2) is 12.5 Å². The third-order valence-corrected chi connectivity index (χ3v) is 4.67. The molecule has 0 spiro atoms. The summed E-state index contributed by atoms with van der Waals surface area (Å²) in [5.74, 6) is -1.98. The van der Waals surface area contributed by atoms with E-state index in [1.54, 1.807) is 0 Å². The molecule has 0 fully saturated rings. The molecule has 23 heavy (non-hydrogen) atoms. The molecule has 0 radical (unpaired) electrons. The molecule has 0 saturated carbocycles. The van der Waals surface area contributed by atoms with Gasteiger partial charge in [-0.3, -0.25) is 0 Å². The van der Waals surface area contributed by atoms with E-state index in [1.807, 2.05) is 13.8 Å². The van der Waals surface area contributed by atoms with Crippen molar-refractivity contribution in [2.24, 2.45) is 0 Å². The summed E-state index contributed by atoms with van der Waals surface area (Å²) < 4.78 is 0. The summed E-state index contributed by atoms with van der Waals surface area (Å²) in [7, 11) is 0. The van der Waals surface area contributed by atoms with Crippen molar-refractivity contribution in [2.75, 3.05) is 0 Å². The van der Waals surface area contributed by atoms with Crippen LogP contribution in [-0.2, 0) is 12.8 Å². The number of hydrogen-bond donors (Lipinski definition) is 2. The van der Waals surface area contributed by atoms with E-state index in [9.17, 15) is 14.7 Å². The Bertz CT molecular complexity index is 727. The zero-order chi connectivity index (χ0) is 17.0. The molecule has 0 unspecified atom stereocenters. The van der Waals surface area contributed by atoms with Crippen LogP contribution in [0.1, 0.15) is 62.6 Å². The van der Waals surface area contributed by atoms with Gasteiger partial charge in [0, 0.05) is 16.6 Å². The Kier molecular flexibility index (Phi) is 5.38. The highest BCUT2D eigenvalue weighted by molar-refractivity contribution is 7.12. The Morgan fingerprint density at radius 3 is 2.43 bits per heavy atom. The molecule has 2 heterocycles. The first kappa shape index (κ1) is 17.0. The molecule has 2 rings (SSSR count). The molecule has 0 bridgehead atoms. The Morgan fingerprint density at radius 2 is 1.87 bits per heavy atom. The van der Waals surface area contributed by atoms with Crippen LogP contribution in [0.4, 0.5) is 0 Å². The van der Waals surface area contributed by atoms with Crippen LogP contribution in [-0.4, -0.2) is 37.1 Å². The maximum absolute atomic E-state index is 11.2. The van der Waals surface area contributed by atoms with Crippen molar-refractivity contribution in [1.29, 1.82) is 0 Å². The van der Waals surface area contributed by atoms with Gasteiger partial charge in [-0.15, -0.1) is 11.3 Å². The Hall–Kier alpha value is -2.35. The molecular weight excluding hydrogens is 318 g/mol. The maximum Gasteiger partial charge on any atom is 0.355 e. The minimum atomic E-state index is -1.08. The molecule has 0 aliphatic carbocycles. The van der Waals surface area contributed by atoms with Crippen molar-refractivity contribution in [3.05, 3.63) is 39.4 Å². The third kappa shape index (κ3) is 4.10. The number of nitrogens with zero attached hydrogens (tertiary/aromatic N) is 3. The average molecular weight is 335 g/mol. The first-order chi connectivity index (χ1) is 10.9. The van der Waals surface area contributed by atoms with E-state index in [1.165, 1.54) is 23.9 Å². The van der Waals surface area contributed by atoms with E-state index in [0.29, 0.717) is 24.8 Å². The Balaban J connectivity index is 2.06. The summed E-state index contributed by atoms with van der Waals surface area (Å²) in [6.45, 7) is 3.87. The highest BCUT2D eigenvalue weighted by atomic mass is 32.1. The predicted octanol–water partition coefficient (Wildman–Crippen LogP) is 2.63. The van der Waals surface area contributed by atoms with E-state index in [0.717, 1.165) is 9.88 Å². The fraction of sp³-hybridized carbons (Fsp3) is 0.400. The maximum atomic E-state index is 11.2. The van der Waals surface area contributed by atoms with E-state index in [-0.39, 0.29) is 17.3 Å². The minimum Gasteiger partial charge on any atom is -0.477 e. The van der Waals surface area contributed by atoms with Gasteiger partial charge in [-0.2, -0.15) is 0 Å². The number of hydrogen-bond acceptors (Lipinski definition) is 6. The number of carboxylic acids is 2. The topological polar surface area (TPSA) is 113 Å². The fourth-order valence-corrected chi connectivity index (χ4v) is 3.30. The van der Waals surface area contributed by atoms with Gasteiger partial charge in [0.25, 0.3) is 0 Å². The zero-order valence-corrected chi connectivity index (χ0v) is 13.6. The largest absolute Gasteiger partial charge is 0.477 e. The van der Waals surface area contributed by atoms with Crippen molar-refractivity contribution < 1.29 is 19.8 Å². The van der Waals surface area contributed by atoms with E-state index < -0.39 is 11.9 Å². The van der Waals surface area contributed by atoms with Crippen LogP contribution in [0.2, 0.25) is 0 Å². The molecule has 0 saturated heterocycles. The normalized spacial score (nSPS) is 10.9. The van der Waals surface area contributed by atoms with Crippen LogP contribution in [0, 0.1) is 0 Å². The van der Waals surface area contributed by atoms with E-state index in [2.05, 4.69) is 15.0 Å². The fourth-order valence-electron chi connectivity index (χ4n) is 2.19. The summed E-state index contributed by atoms with van der Waals surface area (Å²) in [4.78, 5) is 34.9. The first-order valence-electron chi connectivity index (χ1n) is 7.15. The molecule has 0 aliphatic heterocycles. The molecule has 122 valence electrons. The molecule has 0 aliphatic rings. The van der Waals surface area contributed by atoms with Crippen molar-refractivity contribution in [2.45, 2.75) is 39.0 Å². The van der Waals surface area contributed by atoms with Crippen molar-refractivity contribution in [3.63, 3.8) is 0 Å². The lowest BCUT2D eigenvalue weighted by atomic mass is 10.1. The number of aryl methyl sites for hydroxylation is 2. The van der Waals surface area contributed by atoms with Gasteiger partial charge in [0.1, 0.15) is 6.33 Å². The monoisotopic (exact) mass is 335 g/mol. The minimum absolute atomic E-state index is 0.00762. The van der Waals surface area contributed by atoms with Crippen molar-refractivity contribution in [1.82, 2.24) is 15.0 Å². The Morgan fingerprint density at radius 1 is 1.17 bits per heavy atom. The number of aromatic carboxylic acids is 2. The van der Waals surface area contributed by atoms with Gasteiger partial charge in [-0.25, -0.2) is 24.5 Å². The lowest BCUT2D eigenvalue weighted by molar-refractivity contribution is 0.0678. The molecule has 0 aromatic carbocycles. The number of carbonyl (C=O) groups is 2. The van der Waals surface area contributed by atoms with Crippen LogP contribution in [0.3, 0.4) is 0 Å². The van der Waals surface area contributed by atoms with Crippen molar-refractivity contribution in [3.8, 4) is 0 Å². The standard InChI is InChI=1S/C15H17N3O4S/c1-8(2)13-12(15(21)22)18-10(23-13)5-3-4-9-6-16-7-17-11(9)14(19)20/h6-8H,3-5H2,1-2H3,(H,19,20)(H,21,22). The molecule has 0 amide bonds. The third-order valence-electron chi connectivity index (χ3n) is 3.25. The van der Waals surface area contributed by atoms with Gasteiger partial charge in [0.15, 0.2) is 11.4 Å². The van der Waals surface area contributed by atoms with Gasteiger partial charge in [-0.05, 0) is 25.2 Å². The van der Waals surface area contributed by atoms with Gasteiger partial charge >= 0.3 is 11.9 Å². The summed E-state index contributed by atoms with van der Waals surface area (Å²) in [5, 5.41) is 19.0. The molecule has 8 heteroatoms. The molecule has 2 aromatic heterocycles. The highest BCUT2D eigenvalue weighted by Gasteiger charge is 2.19. The van der Waals surface area contributed by atoms with Crippen molar-refractivity contribution >= 4 is 23.3 Å². The van der Waals surface area contributed by atoms with Gasteiger partial charge in [0.2, 0.25) is 0 Å². The highest BCUT2D eigenvalue weighted by Crippen LogP contribution is 2.27. The lowest BCUT2D eigenvalue weighted by Gasteiger charge is -2.03. The average Bonchev–Trinajstić information content (AvgIpc) is 2.92. The summed E-state index contributed by atoms with van der Waals surface area (Å²) >= 11 is 1.40. The summed E-state index contributed by atoms with van der Waals surface area (Å²) in [6.07, 6.45) is 4.45. The van der Waals surface area contributed by atoms with Crippen LogP contribution >= 0.6 is 11.3 Å². The molecular formula is C15H17N3O4S. The second-order valence-corrected chi connectivity index (χ2v) is 6.45. The van der Waals surface area contributed by atoms with Crippen LogP contribution in [0.5, 0.6) is 0 Å². The van der Waals surface area contributed by atoms with E-state index >= 15 is 0 Å². The molecule has 2 aromatic rings. The number of rotatable bonds is 7. The summed E-state index contributed by atoms with van der Waals surface area (Å²) in [5.41, 5.74) is 0.696. The van der Waals surface area contributed by atoms with Crippen LogP contribution in [0.25, 0.3) is 0 Å². The quantitative estimate of drug-likeness (QED) is 0.799. The predicted molar refractivity (Wildman–Crippen MR) is 84.2 cm³/mol. The lowest BCUT2D eigenvalue weighted by Crippen LogP contribution is -2.06. The summed E-state index contributed by atoms with van der Waals surface area (Å²) in [6, 6.07) is 0. The number of thiazole rings is 1.